The van der Waals surface area contributed by atoms with Gasteiger partial charge in [0.2, 0.25) is 0 Å². The zero-order valence-corrected chi connectivity index (χ0v) is 7.79. The lowest BCUT2D eigenvalue weighted by atomic mass is 10.4. The molecule has 0 aromatic carbocycles. The predicted octanol–water partition coefficient (Wildman–Crippen LogP) is 2.54. The molecule has 0 radical (unpaired) electrons. The van der Waals surface area contributed by atoms with Gasteiger partial charge in [-0.25, -0.2) is 4.79 Å². The van der Waals surface area contributed by atoms with E-state index in [1.165, 1.54) is 6.26 Å². The number of carbonyl (C=O) groups excluding carboxylic acids is 1. The van der Waals surface area contributed by atoms with Crippen LogP contribution in [0.1, 0.15) is 6.42 Å². The summed E-state index contributed by atoms with van der Waals surface area (Å²) >= 11 is 0. The van der Waals surface area contributed by atoms with Crippen molar-refractivity contribution in [3.05, 3.63) is 34.9 Å². The third-order valence-corrected chi connectivity index (χ3v) is 1.10. The Morgan fingerprint density at radius 3 is 3.00 bits per heavy atom. The van der Waals surface area contributed by atoms with Gasteiger partial charge in [-0.05, 0) is 18.0 Å². The van der Waals surface area contributed by atoms with Crippen LogP contribution in [0, 0.1) is 0 Å². The molecule has 0 bridgehead atoms. The molecule has 6 nitrogen and oxygen atoms in total. The van der Waals surface area contributed by atoms with Gasteiger partial charge in [-0.1, -0.05) is 12.2 Å². The highest BCUT2D eigenvalue weighted by Crippen LogP contribution is 1.90. The van der Waals surface area contributed by atoms with Crippen molar-refractivity contribution in [1.82, 2.24) is 0 Å². The summed E-state index contributed by atoms with van der Waals surface area (Å²) < 4.78 is 9.17. The molecule has 1 amide bonds. The highest BCUT2D eigenvalue weighted by atomic mass is 16.5. The lowest BCUT2D eigenvalue weighted by molar-refractivity contribution is 0.159. The van der Waals surface area contributed by atoms with Crippen LogP contribution in [0.5, 0.6) is 0 Å². The van der Waals surface area contributed by atoms with Crippen LogP contribution in [0.3, 0.4) is 0 Å². The van der Waals surface area contributed by atoms with Crippen molar-refractivity contribution in [1.29, 1.82) is 0 Å². The predicted molar refractivity (Wildman–Crippen MR) is 50.4 cm³/mol. The summed E-state index contributed by atoms with van der Waals surface area (Å²) in [5.74, 6) is 0. The molecular formula is C8H11N3O3. The molecule has 0 unspecified atom stereocenters. The van der Waals surface area contributed by atoms with Gasteiger partial charge in [0.15, 0.2) is 0 Å². The van der Waals surface area contributed by atoms with Crippen molar-refractivity contribution in [2.45, 2.75) is 6.42 Å². The first kappa shape index (κ1) is 12.1. The smallest absolute Gasteiger partial charge is 0.396 e. The number of methoxy groups -OCH3 is 1. The summed E-state index contributed by atoms with van der Waals surface area (Å²) in [4.78, 5) is 12.8. The van der Waals surface area contributed by atoms with Crippen molar-refractivity contribution in [2.75, 3.05) is 13.7 Å². The zero-order valence-electron chi connectivity index (χ0n) is 7.79. The normalized spacial score (nSPS) is 10.1. The monoisotopic (exact) mass is 197 g/mol. The number of allylic oxidation sites excluding steroid dienone is 2. The molecule has 76 valence electrons. The van der Waals surface area contributed by atoms with Gasteiger partial charge in [-0.15, -0.1) is 0 Å². The van der Waals surface area contributed by atoms with E-state index in [0.717, 1.165) is 0 Å². The molecule has 0 fully saturated rings. The zero-order chi connectivity index (χ0) is 10.6. The minimum Gasteiger partial charge on any atom is -0.504 e. The molecule has 0 heterocycles. The summed E-state index contributed by atoms with van der Waals surface area (Å²) in [7, 11) is 1.55. The van der Waals surface area contributed by atoms with Crippen LogP contribution in [-0.2, 0) is 9.47 Å². The number of hydrogen-bond acceptors (Lipinski definition) is 3. The molecule has 6 heteroatoms. The minimum absolute atomic E-state index is 0.190. The summed E-state index contributed by atoms with van der Waals surface area (Å²) in [5, 5.41) is 2.73. The van der Waals surface area contributed by atoms with Crippen molar-refractivity contribution in [3.8, 4) is 0 Å². The molecule has 0 saturated carbocycles. The van der Waals surface area contributed by atoms with Gasteiger partial charge in [0.25, 0.3) is 0 Å². The quantitative estimate of drug-likeness (QED) is 0.169. The van der Waals surface area contributed by atoms with E-state index in [-0.39, 0.29) is 6.61 Å². The van der Waals surface area contributed by atoms with E-state index in [1.807, 2.05) is 0 Å². The largest absolute Gasteiger partial charge is 0.504 e. The van der Waals surface area contributed by atoms with Gasteiger partial charge in [-0.3, -0.25) is 0 Å². The molecule has 0 aliphatic carbocycles. The molecule has 0 aliphatic heterocycles. The molecule has 0 atom stereocenters. The summed E-state index contributed by atoms with van der Waals surface area (Å²) in [6, 6.07) is 0. The molecule has 0 saturated heterocycles. The number of azide groups is 1. The van der Waals surface area contributed by atoms with E-state index in [0.29, 0.717) is 6.42 Å². The fraction of sp³-hybridized carbons (Fsp3) is 0.375. The van der Waals surface area contributed by atoms with Gasteiger partial charge in [-0.2, -0.15) is 0 Å². The highest BCUT2D eigenvalue weighted by molar-refractivity contribution is 5.67. The molecule has 0 aliphatic rings. The average molecular weight is 197 g/mol. The van der Waals surface area contributed by atoms with Crippen LogP contribution in [0.2, 0.25) is 0 Å². The Kier molecular flexibility index (Phi) is 7.88. The highest BCUT2D eigenvalue weighted by Gasteiger charge is 1.94. The minimum atomic E-state index is -0.909. The second-order valence-electron chi connectivity index (χ2n) is 2.08. The molecule has 0 aromatic heterocycles. The number of carbonyl (C=O) groups is 1. The molecule has 0 spiro atoms. The Morgan fingerprint density at radius 1 is 1.57 bits per heavy atom. The van der Waals surface area contributed by atoms with E-state index in [4.69, 9.17) is 5.53 Å². The van der Waals surface area contributed by atoms with E-state index < -0.39 is 6.09 Å². The Labute approximate surface area is 81.4 Å². The third kappa shape index (κ3) is 8.16. The van der Waals surface area contributed by atoms with Gasteiger partial charge in [0, 0.05) is 10.0 Å². The first-order valence-electron chi connectivity index (χ1n) is 3.87. The van der Waals surface area contributed by atoms with Crippen LogP contribution in [0.4, 0.5) is 4.79 Å². The first-order valence-corrected chi connectivity index (χ1v) is 3.87. The Hall–Kier alpha value is -1.94. The maximum absolute atomic E-state index is 10.5. The molecule has 0 rings (SSSR count). The van der Waals surface area contributed by atoms with Gasteiger partial charge in [0.1, 0.15) is 0 Å². The van der Waals surface area contributed by atoms with Crippen LogP contribution in [0.25, 0.3) is 10.4 Å². The lowest BCUT2D eigenvalue weighted by Gasteiger charge is -1.95. The number of amides is 1. The second kappa shape index (κ2) is 9.15. The maximum Gasteiger partial charge on any atom is 0.396 e. The first-order chi connectivity index (χ1) is 6.81. The van der Waals surface area contributed by atoms with Crippen molar-refractivity contribution < 1.29 is 14.3 Å². The van der Waals surface area contributed by atoms with Crippen LogP contribution >= 0.6 is 0 Å². The topological polar surface area (TPSA) is 84.3 Å². The summed E-state index contributed by atoms with van der Waals surface area (Å²) in [5.41, 5.74) is 7.86. The van der Waals surface area contributed by atoms with Gasteiger partial charge < -0.3 is 9.47 Å². The molecule has 0 N–H and O–H groups in total. The number of hydrogen-bond donors (Lipinski definition) is 0. The van der Waals surface area contributed by atoms with Crippen LogP contribution in [0.15, 0.2) is 29.6 Å². The van der Waals surface area contributed by atoms with Crippen LogP contribution in [-0.4, -0.2) is 19.8 Å². The van der Waals surface area contributed by atoms with Crippen molar-refractivity contribution >= 4 is 6.09 Å². The lowest BCUT2D eigenvalue weighted by Crippen LogP contribution is -1.98. The fourth-order valence-corrected chi connectivity index (χ4v) is 0.578. The second-order valence-corrected chi connectivity index (χ2v) is 2.08. The van der Waals surface area contributed by atoms with Crippen molar-refractivity contribution in [2.24, 2.45) is 5.11 Å². The third-order valence-electron chi connectivity index (χ3n) is 1.10. The van der Waals surface area contributed by atoms with E-state index in [2.05, 4.69) is 19.5 Å². The SMILES string of the molecule is CO/C=C\C=C\CCOC(=O)N=[N+]=[N-]. The molecular weight excluding hydrogens is 186 g/mol. The molecule has 14 heavy (non-hydrogen) atoms. The number of nitrogens with zero attached hydrogens (tertiary/aromatic N) is 3. The van der Waals surface area contributed by atoms with Gasteiger partial charge in [0.05, 0.1) is 20.0 Å². The fourth-order valence-electron chi connectivity index (χ4n) is 0.578. The Balaban J connectivity index is 3.46. The number of ether oxygens (including phenoxy) is 2. The van der Waals surface area contributed by atoms with Crippen LogP contribution < -0.4 is 0 Å². The van der Waals surface area contributed by atoms with E-state index in [1.54, 1.807) is 25.3 Å². The summed E-state index contributed by atoms with van der Waals surface area (Å²) in [6.45, 7) is 0.190. The van der Waals surface area contributed by atoms with Gasteiger partial charge >= 0.3 is 6.09 Å². The number of rotatable bonds is 5. The van der Waals surface area contributed by atoms with Crippen molar-refractivity contribution in [3.63, 3.8) is 0 Å². The average Bonchev–Trinajstić information content (AvgIpc) is 2.17. The summed E-state index contributed by atoms with van der Waals surface area (Å²) in [6.07, 6.45) is 6.41. The van der Waals surface area contributed by atoms with E-state index >= 15 is 0 Å². The van der Waals surface area contributed by atoms with E-state index in [9.17, 15) is 4.79 Å². The maximum atomic E-state index is 10.5. The molecule has 0 aromatic rings. The standard InChI is InChI=1S/C8H11N3O3/c1-13-6-4-2-3-5-7-14-8(12)10-11-9/h2-4,6H,5,7H2,1H3/b3-2+,6-4-. The Bertz CT molecular complexity index is 267. The Morgan fingerprint density at radius 2 is 2.36 bits per heavy atom.